The summed E-state index contributed by atoms with van der Waals surface area (Å²) in [7, 11) is 0. The number of carbonyl (C=O) groups excluding carboxylic acids is 2. The smallest absolute Gasteiger partial charge is 0.338 e. The fourth-order valence-electron chi connectivity index (χ4n) is 3.07. The van der Waals surface area contributed by atoms with E-state index >= 15 is 0 Å². The van der Waals surface area contributed by atoms with E-state index < -0.39 is 5.97 Å². The Labute approximate surface area is 173 Å². The molecular weight excluding hydrogens is 398 g/mol. The summed E-state index contributed by atoms with van der Waals surface area (Å²) < 4.78 is 5.81. The van der Waals surface area contributed by atoms with Gasteiger partial charge < -0.3 is 15.0 Å². The predicted molar refractivity (Wildman–Crippen MR) is 111 cm³/mol. The van der Waals surface area contributed by atoms with Crippen molar-refractivity contribution in [3.8, 4) is 0 Å². The molecule has 1 saturated heterocycles. The summed E-state index contributed by atoms with van der Waals surface area (Å²) in [6, 6.07) is 8.64. The van der Waals surface area contributed by atoms with E-state index in [2.05, 4.69) is 10.2 Å². The lowest BCUT2D eigenvalue weighted by Gasteiger charge is -2.19. The van der Waals surface area contributed by atoms with Gasteiger partial charge in [-0.2, -0.15) is 0 Å². The number of esters is 1. The number of halogens is 1. The summed E-state index contributed by atoms with van der Waals surface area (Å²) in [5.41, 5.74) is 2.04. The van der Waals surface area contributed by atoms with E-state index in [4.69, 9.17) is 21.7 Å². The zero-order valence-corrected chi connectivity index (χ0v) is 17.2. The highest BCUT2D eigenvalue weighted by molar-refractivity contribution is 7.17. The molecule has 28 heavy (non-hydrogen) atoms. The van der Waals surface area contributed by atoms with Gasteiger partial charge in [-0.3, -0.25) is 10.2 Å². The van der Waals surface area contributed by atoms with Crippen molar-refractivity contribution in [1.82, 2.24) is 10.2 Å². The molecule has 1 aromatic carbocycles. The summed E-state index contributed by atoms with van der Waals surface area (Å²) in [5.74, 6) is -0.184. The van der Waals surface area contributed by atoms with E-state index in [9.17, 15) is 9.59 Å². The second kappa shape index (κ2) is 9.21. The monoisotopic (exact) mass is 419 g/mol. The van der Waals surface area contributed by atoms with Gasteiger partial charge in [-0.15, -0.1) is 11.3 Å². The Morgan fingerprint density at radius 2 is 2.00 bits per heavy atom. The lowest BCUT2D eigenvalue weighted by atomic mass is 10.0. The van der Waals surface area contributed by atoms with Crippen LogP contribution in [0.15, 0.2) is 30.3 Å². The second-order valence-corrected chi connectivity index (χ2v) is 8.28. The Morgan fingerprint density at radius 1 is 1.25 bits per heavy atom. The number of amides is 1. The lowest BCUT2D eigenvalue weighted by Crippen LogP contribution is -2.28. The van der Waals surface area contributed by atoms with Crippen molar-refractivity contribution in [3.63, 3.8) is 0 Å². The molecule has 0 spiro atoms. The van der Waals surface area contributed by atoms with Crippen molar-refractivity contribution >= 4 is 40.6 Å². The number of rotatable bonds is 6. The van der Waals surface area contributed by atoms with Gasteiger partial charge in [0, 0.05) is 18.7 Å². The second-order valence-electron chi connectivity index (χ2n) is 6.57. The van der Waals surface area contributed by atoms with Crippen LogP contribution >= 0.6 is 22.9 Å². The standard InChI is InChI=1S/C20H22ClN3O3S/c1-13-12-14(18(22)24-9-2-3-10-24)4-5-15(13)20(26)27-11-8-23-19(25)16-6-7-17(21)28-16/h4-7,12,22H,2-3,8-11H2,1H3,(H,23,25). The predicted octanol–water partition coefficient (Wildman–Crippen LogP) is 3.72. The van der Waals surface area contributed by atoms with Crippen LogP contribution in [0, 0.1) is 12.3 Å². The van der Waals surface area contributed by atoms with Crippen LogP contribution in [0.1, 0.15) is 44.0 Å². The number of carbonyl (C=O) groups is 2. The van der Waals surface area contributed by atoms with Gasteiger partial charge in [-0.05, 0) is 49.6 Å². The van der Waals surface area contributed by atoms with Crippen LogP contribution in [-0.2, 0) is 4.74 Å². The van der Waals surface area contributed by atoms with Crippen molar-refractivity contribution in [1.29, 1.82) is 5.41 Å². The first kappa shape index (κ1) is 20.4. The summed E-state index contributed by atoms with van der Waals surface area (Å²) in [6.07, 6.45) is 2.23. The molecule has 2 heterocycles. The SMILES string of the molecule is Cc1cc(C(=N)N2CCCC2)ccc1C(=O)OCCNC(=O)c1ccc(Cl)s1. The average molecular weight is 420 g/mol. The van der Waals surface area contributed by atoms with E-state index in [-0.39, 0.29) is 19.1 Å². The Kier molecular flexibility index (Phi) is 6.70. The Balaban J connectivity index is 1.50. The number of ether oxygens (including phenoxy) is 1. The third-order valence-corrected chi connectivity index (χ3v) is 5.79. The van der Waals surface area contributed by atoms with Gasteiger partial charge in [0.15, 0.2) is 0 Å². The molecule has 1 fully saturated rings. The largest absolute Gasteiger partial charge is 0.460 e. The van der Waals surface area contributed by atoms with Gasteiger partial charge in [0.25, 0.3) is 5.91 Å². The normalized spacial score (nSPS) is 13.4. The first-order valence-electron chi connectivity index (χ1n) is 9.11. The highest BCUT2D eigenvalue weighted by Crippen LogP contribution is 2.21. The van der Waals surface area contributed by atoms with E-state index in [1.54, 1.807) is 24.3 Å². The van der Waals surface area contributed by atoms with Crippen LogP contribution in [0.2, 0.25) is 4.34 Å². The third-order valence-electron chi connectivity index (χ3n) is 4.56. The summed E-state index contributed by atoms with van der Waals surface area (Å²) in [6.45, 7) is 3.95. The minimum absolute atomic E-state index is 0.0778. The highest BCUT2D eigenvalue weighted by atomic mass is 35.5. The lowest BCUT2D eigenvalue weighted by molar-refractivity contribution is 0.0502. The number of thiophene rings is 1. The molecule has 0 atom stereocenters. The Morgan fingerprint density at radius 3 is 2.64 bits per heavy atom. The van der Waals surface area contributed by atoms with Gasteiger partial charge in [-0.1, -0.05) is 17.7 Å². The first-order valence-corrected chi connectivity index (χ1v) is 10.3. The fraction of sp³-hybridized carbons (Fsp3) is 0.350. The highest BCUT2D eigenvalue weighted by Gasteiger charge is 2.18. The number of likely N-dealkylation sites (tertiary alicyclic amines) is 1. The van der Waals surface area contributed by atoms with Crippen molar-refractivity contribution in [3.05, 3.63) is 56.2 Å². The quantitative estimate of drug-likeness (QED) is 0.323. The van der Waals surface area contributed by atoms with Gasteiger partial charge in [0.1, 0.15) is 12.4 Å². The number of hydrogen-bond donors (Lipinski definition) is 2. The summed E-state index contributed by atoms with van der Waals surface area (Å²) >= 11 is 7.01. The maximum Gasteiger partial charge on any atom is 0.338 e. The molecule has 2 aromatic rings. The third kappa shape index (κ3) is 4.91. The van der Waals surface area contributed by atoms with Crippen molar-refractivity contribution in [2.75, 3.05) is 26.2 Å². The number of amidine groups is 1. The van der Waals surface area contributed by atoms with Gasteiger partial charge in [0.2, 0.25) is 0 Å². The molecular formula is C20H22ClN3O3S. The molecule has 1 aromatic heterocycles. The summed E-state index contributed by atoms with van der Waals surface area (Å²) in [4.78, 5) is 26.8. The fourth-order valence-corrected chi connectivity index (χ4v) is 4.03. The molecule has 1 amide bonds. The maximum absolute atomic E-state index is 12.3. The van der Waals surface area contributed by atoms with Crippen LogP contribution in [0.4, 0.5) is 0 Å². The van der Waals surface area contributed by atoms with E-state index in [1.165, 1.54) is 11.3 Å². The molecule has 3 rings (SSSR count). The minimum atomic E-state index is -0.440. The molecule has 0 unspecified atom stereocenters. The molecule has 0 saturated carbocycles. The van der Waals surface area contributed by atoms with Gasteiger partial charge in [0.05, 0.1) is 21.3 Å². The number of benzene rings is 1. The topological polar surface area (TPSA) is 82.5 Å². The number of nitrogens with zero attached hydrogens (tertiary/aromatic N) is 1. The molecule has 148 valence electrons. The zero-order chi connectivity index (χ0) is 20.1. The van der Waals surface area contributed by atoms with Gasteiger partial charge >= 0.3 is 5.97 Å². The van der Waals surface area contributed by atoms with Crippen molar-refractivity contribution in [2.45, 2.75) is 19.8 Å². The Hall–Kier alpha value is -2.38. The molecule has 8 heteroatoms. The molecule has 6 nitrogen and oxygen atoms in total. The molecule has 0 bridgehead atoms. The van der Waals surface area contributed by atoms with E-state index in [1.807, 2.05) is 13.0 Å². The van der Waals surface area contributed by atoms with Crippen molar-refractivity contribution < 1.29 is 14.3 Å². The van der Waals surface area contributed by atoms with Gasteiger partial charge in [-0.25, -0.2) is 4.79 Å². The van der Waals surface area contributed by atoms with Crippen molar-refractivity contribution in [2.24, 2.45) is 0 Å². The van der Waals surface area contributed by atoms with E-state index in [0.29, 0.717) is 20.6 Å². The van der Waals surface area contributed by atoms with Crippen LogP contribution in [-0.4, -0.2) is 48.9 Å². The first-order chi connectivity index (χ1) is 13.5. The molecule has 1 aliphatic heterocycles. The number of nitrogens with one attached hydrogen (secondary N) is 2. The Bertz CT molecular complexity index is 891. The number of aryl methyl sites for hydroxylation is 1. The summed E-state index contributed by atoms with van der Waals surface area (Å²) in [5, 5.41) is 11.0. The van der Waals surface area contributed by atoms with Crippen LogP contribution in [0.5, 0.6) is 0 Å². The number of hydrogen-bond acceptors (Lipinski definition) is 5. The zero-order valence-electron chi connectivity index (χ0n) is 15.6. The molecule has 1 aliphatic rings. The minimum Gasteiger partial charge on any atom is -0.460 e. The van der Waals surface area contributed by atoms with Crippen LogP contribution < -0.4 is 5.32 Å². The average Bonchev–Trinajstić information content (AvgIpc) is 3.36. The van der Waals surface area contributed by atoms with E-state index in [0.717, 1.165) is 37.1 Å². The molecule has 0 aliphatic carbocycles. The molecule has 0 radical (unpaired) electrons. The van der Waals surface area contributed by atoms with Crippen LogP contribution in [0.3, 0.4) is 0 Å². The maximum atomic E-state index is 12.3. The molecule has 2 N–H and O–H groups in total. The van der Waals surface area contributed by atoms with Crippen LogP contribution in [0.25, 0.3) is 0 Å².